The van der Waals surface area contributed by atoms with E-state index in [2.05, 4.69) is 20.2 Å². The van der Waals surface area contributed by atoms with E-state index in [1.54, 1.807) is 0 Å². The van der Waals surface area contributed by atoms with Gasteiger partial charge in [0.25, 0.3) is 0 Å². The summed E-state index contributed by atoms with van der Waals surface area (Å²) in [6.45, 7) is 8.10. The summed E-state index contributed by atoms with van der Waals surface area (Å²) in [4.78, 5) is 8.95. The number of aromatic nitrogens is 1. The van der Waals surface area contributed by atoms with Crippen LogP contribution in [0, 0.1) is 0 Å². The fourth-order valence-corrected chi connectivity index (χ4v) is 2.36. The summed E-state index contributed by atoms with van der Waals surface area (Å²) in [7, 11) is 0. The molecule has 1 saturated heterocycles. The highest BCUT2D eigenvalue weighted by Gasteiger charge is 2.23. The first kappa shape index (κ1) is 14.0. The van der Waals surface area contributed by atoms with Crippen molar-refractivity contribution in [3.05, 3.63) is 18.2 Å². The molecule has 1 aliphatic heterocycles. The number of nitrogens with zero attached hydrogens (tertiary/aromatic N) is 3. The highest BCUT2D eigenvalue weighted by molar-refractivity contribution is 5.46. The molecule has 0 aromatic carbocycles. The number of pyridine rings is 1. The predicted molar refractivity (Wildman–Crippen MR) is 77.0 cm³/mol. The molecule has 2 heterocycles. The molecule has 6 heteroatoms. The van der Waals surface area contributed by atoms with Gasteiger partial charge in [0, 0.05) is 32.7 Å². The summed E-state index contributed by atoms with van der Waals surface area (Å²) in [6.07, 6.45) is 0. The van der Waals surface area contributed by atoms with E-state index in [0.717, 1.165) is 32.0 Å². The van der Waals surface area contributed by atoms with E-state index in [-0.39, 0.29) is 0 Å². The van der Waals surface area contributed by atoms with Crippen molar-refractivity contribution in [2.24, 2.45) is 5.84 Å². The first-order valence-electron chi connectivity index (χ1n) is 6.61. The summed E-state index contributed by atoms with van der Waals surface area (Å²) in [6, 6.07) is 5.78. The summed E-state index contributed by atoms with van der Waals surface area (Å²) in [5.74, 6) is 6.99. The molecule has 19 heavy (non-hydrogen) atoms. The maximum absolute atomic E-state index is 9.83. The molecule has 0 spiro atoms. The Bertz CT molecular complexity index is 410. The second-order valence-electron chi connectivity index (χ2n) is 5.60. The van der Waals surface area contributed by atoms with Crippen LogP contribution in [-0.2, 0) is 0 Å². The average Bonchev–Trinajstić information content (AvgIpc) is 2.38. The van der Waals surface area contributed by atoms with Gasteiger partial charge in [-0.15, -0.1) is 0 Å². The molecule has 0 bridgehead atoms. The van der Waals surface area contributed by atoms with Crippen molar-refractivity contribution in [1.29, 1.82) is 0 Å². The molecule has 1 aromatic heterocycles. The zero-order chi connectivity index (χ0) is 13.9. The van der Waals surface area contributed by atoms with Gasteiger partial charge < -0.3 is 15.4 Å². The smallest absolute Gasteiger partial charge is 0.142 e. The van der Waals surface area contributed by atoms with E-state index in [4.69, 9.17) is 5.84 Å². The van der Waals surface area contributed by atoms with Crippen LogP contribution >= 0.6 is 0 Å². The van der Waals surface area contributed by atoms with Gasteiger partial charge in [0.05, 0.1) is 5.60 Å². The lowest BCUT2D eigenvalue weighted by molar-refractivity contribution is 0.0345. The van der Waals surface area contributed by atoms with Crippen LogP contribution in [0.25, 0.3) is 0 Å². The number of nitrogens with two attached hydrogens (primary N) is 1. The fourth-order valence-electron chi connectivity index (χ4n) is 2.36. The van der Waals surface area contributed by atoms with Crippen molar-refractivity contribution in [1.82, 2.24) is 9.88 Å². The lowest BCUT2D eigenvalue weighted by atomic mass is 10.1. The monoisotopic (exact) mass is 265 g/mol. The van der Waals surface area contributed by atoms with Crippen LogP contribution in [0.15, 0.2) is 18.2 Å². The number of hydrogen-bond acceptors (Lipinski definition) is 6. The zero-order valence-electron chi connectivity index (χ0n) is 11.6. The SMILES string of the molecule is CC(C)(O)CN1CCN(c2cccc(NN)n2)CC1. The molecule has 0 saturated carbocycles. The molecule has 1 aliphatic rings. The minimum absolute atomic E-state index is 0.635. The number of anilines is 2. The zero-order valence-corrected chi connectivity index (χ0v) is 11.6. The number of hydrogen-bond donors (Lipinski definition) is 3. The quantitative estimate of drug-likeness (QED) is 0.535. The van der Waals surface area contributed by atoms with Crippen LogP contribution in [0.2, 0.25) is 0 Å². The van der Waals surface area contributed by atoms with Crippen LogP contribution in [0.1, 0.15) is 13.8 Å². The molecule has 0 unspecified atom stereocenters. The normalized spacial score (nSPS) is 17.6. The maximum atomic E-state index is 9.83. The lowest BCUT2D eigenvalue weighted by Gasteiger charge is -2.37. The third-order valence-electron chi connectivity index (χ3n) is 3.19. The van der Waals surface area contributed by atoms with Crippen LogP contribution in [0.4, 0.5) is 11.6 Å². The number of nitrogen functional groups attached to an aromatic ring is 1. The van der Waals surface area contributed by atoms with Crippen molar-refractivity contribution < 1.29 is 5.11 Å². The van der Waals surface area contributed by atoms with Gasteiger partial charge in [-0.3, -0.25) is 4.90 Å². The Morgan fingerprint density at radius 2 is 2.00 bits per heavy atom. The maximum Gasteiger partial charge on any atom is 0.142 e. The summed E-state index contributed by atoms with van der Waals surface area (Å²) >= 11 is 0. The minimum Gasteiger partial charge on any atom is -0.389 e. The number of hydrazine groups is 1. The molecule has 1 aromatic rings. The van der Waals surface area contributed by atoms with Crippen molar-refractivity contribution in [3.8, 4) is 0 Å². The van der Waals surface area contributed by atoms with E-state index < -0.39 is 5.60 Å². The Morgan fingerprint density at radius 1 is 1.32 bits per heavy atom. The number of rotatable bonds is 4. The number of nitrogens with one attached hydrogen (secondary N) is 1. The van der Waals surface area contributed by atoms with E-state index in [0.29, 0.717) is 12.4 Å². The fraction of sp³-hybridized carbons (Fsp3) is 0.615. The van der Waals surface area contributed by atoms with Gasteiger partial charge in [-0.2, -0.15) is 0 Å². The topological polar surface area (TPSA) is 77.7 Å². The molecule has 1 fully saturated rings. The van der Waals surface area contributed by atoms with E-state index in [9.17, 15) is 5.11 Å². The number of piperazine rings is 1. The Balaban J connectivity index is 1.92. The lowest BCUT2D eigenvalue weighted by Crippen LogP contribution is -2.50. The van der Waals surface area contributed by atoms with Crippen molar-refractivity contribution >= 4 is 11.6 Å². The number of β-amino-alcohol motifs (C(OH)–C–C–N with tert-alkyl or cyclic N) is 1. The molecule has 2 rings (SSSR count). The predicted octanol–water partition coefficient (Wildman–Crippen LogP) is 0.260. The summed E-state index contributed by atoms with van der Waals surface area (Å²) < 4.78 is 0. The highest BCUT2D eigenvalue weighted by atomic mass is 16.3. The molecule has 6 nitrogen and oxygen atoms in total. The molecule has 4 N–H and O–H groups in total. The standard InChI is InChI=1S/C13H23N5O/c1-13(2,19)10-17-6-8-18(9-7-17)12-5-3-4-11(15-12)16-14/h3-5,19H,6-10,14H2,1-2H3,(H,15,16). The Hall–Kier alpha value is -1.37. The largest absolute Gasteiger partial charge is 0.389 e. The number of aliphatic hydroxyl groups is 1. The van der Waals surface area contributed by atoms with Crippen LogP contribution in [0.5, 0.6) is 0 Å². The van der Waals surface area contributed by atoms with Crippen molar-refractivity contribution in [2.45, 2.75) is 19.4 Å². The highest BCUT2D eigenvalue weighted by Crippen LogP contribution is 2.16. The van der Waals surface area contributed by atoms with Gasteiger partial charge in [-0.1, -0.05) is 6.07 Å². The van der Waals surface area contributed by atoms with E-state index >= 15 is 0 Å². The van der Waals surface area contributed by atoms with Gasteiger partial charge in [0.2, 0.25) is 0 Å². The van der Waals surface area contributed by atoms with Crippen molar-refractivity contribution in [3.63, 3.8) is 0 Å². The molecule has 106 valence electrons. The van der Waals surface area contributed by atoms with E-state index in [1.807, 2.05) is 32.0 Å². The van der Waals surface area contributed by atoms with Gasteiger partial charge in [0.15, 0.2) is 0 Å². The first-order valence-corrected chi connectivity index (χ1v) is 6.61. The van der Waals surface area contributed by atoms with Gasteiger partial charge in [-0.05, 0) is 26.0 Å². The molecule has 0 radical (unpaired) electrons. The third-order valence-corrected chi connectivity index (χ3v) is 3.19. The Labute approximate surface area is 114 Å². The third kappa shape index (κ3) is 4.05. The van der Waals surface area contributed by atoms with Gasteiger partial charge >= 0.3 is 0 Å². The second-order valence-corrected chi connectivity index (χ2v) is 5.60. The molecular formula is C13H23N5O. The van der Waals surface area contributed by atoms with Gasteiger partial charge in [-0.25, -0.2) is 10.8 Å². The van der Waals surface area contributed by atoms with Gasteiger partial charge in [0.1, 0.15) is 11.6 Å². The van der Waals surface area contributed by atoms with Crippen molar-refractivity contribution in [2.75, 3.05) is 43.0 Å². The molecule has 0 atom stereocenters. The van der Waals surface area contributed by atoms with Crippen LogP contribution < -0.4 is 16.2 Å². The van der Waals surface area contributed by atoms with Crippen LogP contribution in [0.3, 0.4) is 0 Å². The second kappa shape index (κ2) is 5.73. The molecule has 0 amide bonds. The van der Waals surface area contributed by atoms with Crippen LogP contribution in [-0.4, -0.2) is 53.3 Å². The summed E-state index contributed by atoms with van der Waals surface area (Å²) in [5, 5.41) is 9.83. The Morgan fingerprint density at radius 3 is 2.58 bits per heavy atom. The minimum atomic E-state index is -0.635. The summed E-state index contributed by atoms with van der Waals surface area (Å²) in [5.41, 5.74) is 1.93. The average molecular weight is 265 g/mol. The molecular weight excluding hydrogens is 242 g/mol. The van der Waals surface area contributed by atoms with E-state index in [1.165, 1.54) is 0 Å². The first-order chi connectivity index (χ1) is 8.98. The Kier molecular flexibility index (Phi) is 4.24. The molecule has 0 aliphatic carbocycles.